The molecule has 0 radical (unpaired) electrons. The number of carbonyl (C=O) groups excluding carboxylic acids is 4. The van der Waals surface area contributed by atoms with Gasteiger partial charge in [0.1, 0.15) is 5.57 Å². The van der Waals surface area contributed by atoms with E-state index in [4.69, 9.17) is 27.9 Å². The van der Waals surface area contributed by atoms with Gasteiger partial charge in [0.2, 0.25) is 0 Å². The van der Waals surface area contributed by atoms with Crippen LogP contribution < -0.4 is 15.0 Å². The lowest BCUT2D eigenvalue weighted by Gasteiger charge is -2.26. The number of ether oxygens (including phenoxy) is 2. The van der Waals surface area contributed by atoms with Crippen LogP contribution in [0.1, 0.15) is 61.4 Å². The van der Waals surface area contributed by atoms with E-state index in [0.29, 0.717) is 17.9 Å². The van der Waals surface area contributed by atoms with Gasteiger partial charge in [-0.1, -0.05) is 62.2 Å². The normalized spacial score (nSPS) is 14.6. The van der Waals surface area contributed by atoms with Gasteiger partial charge in [-0.2, -0.15) is 0 Å². The Morgan fingerprint density at radius 2 is 1.59 bits per heavy atom. The van der Waals surface area contributed by atoms with Crippen LogP contribution in [-0.2, 0) is 14.3 Å². The van der Waals surface area contributed by atoms with Crippen LogP contribution in [0.3, 0.4) is 0 Å². The van der Waals surface area contributed by atoms with E-state index in [1.165, 1.54) is 68.8 Å². The molecule has 37 heavy (non-hydrogen) atoms. The quantitative estimate of drug-likeness (QED) is 0.156. The Labute approximate surface area is 225 Å². The molecule has 2 aromatic rings. The number of carbonyl (C=O) groups is 4. The molecule has 8 nitrogen and oxygen atoms in total. The largest absolute Gasteiger partial charge is 0.490 e. The van der Waals surface area contributed by atoms with Crippen LogP contribution in [0.5, 0.6) is 5.75 Å². The molecule has 2 aromatic carbocycles. The van der Waals surface area contributed by atoms with Gasteiger partial charge in [0.05, 0.1) is 35.0 Å². The minimum atomic E-state index is -0.910. The van der Waals surface area contributed by atoms with Crippen LogP contribution in [0.2, 0.25) is 10.0 Å². The van der Waals surface area contributed by atoms with Gasteiger partial charge in [-0.3, -0.25) is 14.9 Å². The standard InChI is InChI=1S/C27H28Cl2N2O6/c1-3-4-5-6-7-8-13-37-23-21(28)15-17(16-22(23)29)14-20-24(32)30-27(35)31(25(20)33)19-11-9-18(10-12-19)26(34)36-2/h9-12,14-16H,3-8,13H2,1-2H3,(H,30,32,35)/b20-14-. The van der Waals surface area contributed by atoms with Crippen molar-refractivity contribution in [1.82, 2.24) is 5.32 Å². The average molecular weight is 547 g/mol. The molecule has 3 rings (SSSR count). The maximum Gasteiger partial charge on any atom is 0.337 e. The zero-order chi connectivity index (χ0) is 26.9. The first-order valence-corrected chi connectivity index (χ1v) is 12.7. The molecule has 1 saturated heterocycles. The fourth-order valence-corrected chi connectivity index (χ4v) is 4.39. The van der Waals surface area contributed by atoms with Gasteiger partial charge in [-0.15, -0.1) is 0 Å². The zero-order valence-electron chi connectivity index (χ0n) is 20.6. The number of methoxy groups -OCH3 is 1. The van der Waals surface area contributed by atoms with Crippen molar-refractivity contribution in [1.29, 1.82) is 0 Å². The molecule has 1 aliphatic rings. The number of nitrogens with one attached hydrogen (secondary N) is 1. The number of nitrogens with zero attached hydrogens (tertiary/aromatic N) is 1. The molecule has 0 spiro atoms. The summed E-state index contributed by atoms with van der Waals surface area (Å²) in [6.45, 7) is 2.64. The van der Waals surface area contributed by atoms with Gasteiger partial charge >= 0.3 is 12.0 Å². The molecule has 10 heteroatoms. The molecule has 196 valence electrons. The minimum absolute atomic E-state index is 0.169. The van der Waals surface area contributed by atoms with Crippen LogP contribution in [0.15, 0.2) is 42.0 Å². The molecular formula is C27H28Cl2N2O6. The summed E-state index contributed by atoms with van der Waals surface area (Å²) in [6.07, 6.45) is 8.00. The smallest absolute Gasteiger partial charge is 0.337 e. The number of barbiturate groups is 1. The van der Waals surface area contributed by atoms with Gasteiger partial charge < -0.3 is 9.47 Å². The van der Waals surface area contributed by atoms with Crippen molar-refractivity contribution >= 4 is 58.8 Å². The number of rotatable bonds is 11. The molecule has 0 aromatic heterocycles. The number of urea groups is 1. The predicted molar refractivity (Wildman–Crippen MR) is 142 cm³/mol. The summed E-state index contributed by atoms with van der Waals surface area (Å²) in [5, 5.41) is 2.62. The fourth-order valence-electron chi connectivity index (χ4n) is 3.78. The summed E-state index contributed by atoms with van der Waals surface area (Å²) in [7, 11) is 1.24. The minimum Gasteiger partial charge on any atom is -0.490 e. The van der Waals surface area contributed by atoms with E-state index in [9.17, 15) is 19.2 Å². The number of benzene rings is 2. The van der Waals surface area contributed by atoms with E-state index in [1.54, 1.807) is 0 Å². The van der Waals surface area contributed by atoms with Crippen molar-refractivity contribution in [2.24, 2.45) is 0 Å². The lowest BCUT2D eigenvalue weighted by Crippen LogP contribution is -2.54. The van der Waals surface area contributed by atoms with Crippen molar-refractivity contribution in [3.05, 3.63) is 63.1 Å². The van der Waals surface area contributed by atoms with Crippen LogP contribution in [0.4, 0.5) is 10.5 Å². The first-order chi connectivity index (χ1) is 17.8. The highest BCUT2D eigenvalue weighted by atomic mass is 35.5. The van der Waals surface area contributed by atoms with E-state index in [-0.39, 0.29) is 26.9 Å². The highest BCUT2D eigenvalue weighted by Gasteiger charge is 2.37. The molecule has 0 unspecified atom stereocenters. The lowest BCUT2D eigenvalue weighted by atomic mass is 10.1. The van der Waals surface area contributed by atoms with Crippen molar-refractivity contribution in [3.63, 3.8) is 0 Å². The molecule has 4 amide bonds. The maximum atomic E-state index is 13.1. The third-order valence-corrected chi connectivity index (χ3v) is 6.29. The van der Waals surface area contributed by atoms with Crippen LogP contribution >= 0.6 is 23.2 Å². The van der Waals surface area contributed by atoms with Gasteiger partial charge in [0.25, 0.3) is 11.8 Å². The summed E-state index contributed by atoms with van der Waals surface area (Å²) < 4.78 is 10.4. The third kappa shape index (κ3) is 7.11. The Morgan fingerprint density at radius 1 is 0.973 bits per heavy atom. The van der Waals surface area contributed by atoms with E-state index in [2.05, 4.69) is 17.0 Å². The summed E-state index contributed by atoms with van der Waals surface area (Å²) in [4.78, 5) is 50.5. The molecular weight excluding hydrogens is 519 g/mol. The van der Waals surface area contributed by atoms with Crippen LogP contribution in [0.25, 0.3) is 6.08 Å². The molecule has 1 aliphatic heterocycles. The Balaban J connectivity index is 1.76. The monoisotopic (exact) mass is 546 g/mol. The molecule has 1 N–H and O–H groups in total. The van der Waals surface area contributed by atoms with Gasteiger partial charge in [-0.05, 0) is 54.5 Å². The number of hydrogen-bond acceptors (Lipinski definition) is 6. The summed E-state index contributed by atoms with van der Waals surface area (Å²) in [6, 6.07) is 7.78. The molecule has 0 aliphatic carbocycles. The zero-order valence-corrected chi connectivity index (χ0v) is 22.2. The van der Waals surface area contributed by atoms with Gasteiger partial charge in [-0.25, -0.2) is 14.5 Å². The Bertz CT molecular complexity index is 1190. The number of esters is 1. The average Bonchev–Trinajstić information content (AvgIpc) is 2.87. The van der Waals surface area contributed by atoms with Crippen LogP contribution in [0, 0.1) is 0 Å². The van der Waals surface area contributed by atoms with Crippen LogP contribution in [-0.4, -0.2) is 37.5 Å². The number of imide groups is 2. The maximum absolute atomic E-state index is 13.1. The Kier molecular flexibility index (Phi) is 10.1. The molecule has 1 fully saturated rings. The summed E-state index contributed by atoms with van der Waals surface area (Å²) in [5.74, 6) is -1.92. The molecule has 0 atom stereocenters. The van der Waals surface area contributed by atoms with E-state index >= 15 is 0 Å². The Hall–Kier alpha value is -3.36. The number of hydrogen-bond donors (Lipinski definition) is 1. The summed E-state index contributed by atoms with van der Waals surface area (Å²) >= 11 is 12.8. The molecule has 1 heterocycles. The fraction of sp³-hybridized carbons (Fsp3) is 0.333. The number of unbranched alkanes of at least 4 members (excludes halogenated alkanes) is 5. The van der Waals surface area contributed by atoms with Gasteiger partial charge in [0, 0.05) is 0 Å². The molecule has 0 saturated carbocycles. The highest BCUT2D eigenvalue weighted by Crippen LogP contribution is 2.35. The van der Waals surface area contributed by atoms with E-state index in [0.717, 1.165) is 24.2 Å². The number of halogens is 2. The molecule has 0 bridgehead atoms. The second-order valence-corrected chi connectivity index (χ2v) is 9.24. The second kappa shape index (κ2) is 13.3. The van der Waals surface area contributed by atoms with Crippen molar-refractivity contribution in [2.45, 2.75) is 45.4 Å². The lowest BCUT2D eigenvalue weighted by molar-refractivity contribution is -0.122. The second-order valence-electron chi connectivity index (χ2n) is 8.43. The SMILES string of the molecule is CCCCCCCCOc1c(Cl)cc(/C=C2/C(=O)NC(=O)N(c3ccc(C(=O)OC)cc3)C2=O)cc1Cl. The topological polar surface area (TPSA) is 102 Å². The first-order valence-electron chi connectivity index (χ1n) is 12.0. The van der Waals surface area contributed by atoms with Gasteiger partial charge in [0.15, 0.2) is 5.75 Å². The summed E-state index contributed by atoms with van der Waals surface area (Å²) in [5.41, 5.74) is 0.509. The van der Waals surface area contributed by atoms with Crippen molar-refractivity contribution in [2.75, 3.05) is 18.6 Å². The predicted octanol–water partition coefficient (Wildman–Crippen LogP) is 6.19. The highest BCUT2D eigenvalue weighted by molar-refractivity contribution is 6.40. The van der Waals surface area contributed by atoms with Crippen molar-refractivity contribution in [3.8, 4) is 5.75 Å². The Morgan fingerprint density at radius 3 is 2.22 bits per heavy atom. The number of anilines is 1. The first kappa shape index (κ1) is 28.2. The third-order valence-electron chi connectivity index (χ3n) is 5.72. The van der Waals surface area contributed by atoms with Crippen molar-refractivity contribution < 1.29 is 28.7 Å². The van der Waals surface area contributed by atoms with E-state index < -0.39 is 23.8 Å². The number of amides is 4. The van der Waals surface area contributed by atoms with E-state index in [1.807, 2.05) is 0 Å².